The van der Waals surface area contributed by atoms with Gasteiger partial charge in [-0.3, -0.25) is 4.79 Å². The molecule has 114 valence electrons. The highest BCUT2D eigenvalue weighted by Crippen LogP contribution is 2.22. The SMILES string of the molecule is COC(=O)c1cc(Cc2ccccc2Cl)c(=O)n2c1CCC2. The maximum Gasteiger partial charge on any atom is 0.339 e. The first-order chi connectivity index (χ1) is 10.6. The number of hydrogen-bond acceptors (Lipinski definition) is 3. The molecule has 1 aliphatic heterocycles. The molecule has 22 heavy (non-hydrogen) atoms. The van der Waals surface area contributed by atoms with Gasteiger partial charge >= 0.3 is 5.97 Å². The third-order valence-electron chi connectivity index (χ3n) is 4.01. The number of hydrogen-bond donors (Lipinski definition) is 0. The lowest BCUT2D eigenvalue weighted by molar-refractivity contribution is 0.0598. The molecule has 0 saturated heterocycles. The van der Waals surface area contributed by atoms with Crippen molar-refractivity contribution in [3.8, 4) is 0 Å². The number of methoxy groups -OCH3 is 1. The van der Waals surface area contributed by atoms with Crippen LogP contribution in [-0.4, -0.2) is 17.6 Å². The predicted octanol–water partition coefficient (Wildman–Crippen LogP) is 2.83. The quantitative estimate of drug-likeness (QED) is 0.818. The molecule has 0 N–H and O–H groups in total. The molecule has 1 aliphatic rings. The van der Waals surface area contributed by atoms with Gasteiger partial charge in [-0.1, -0.05) is 29.8 Å². The molecule has 0 amide bonds. The summed E-state index contributed by atoms with van der Waals surface area (Å²) in [6.45, 7) is 0.647. The lowest BCUT2D eigenvalue weighted by Gasteiger charge is -2.12. The number of pyridine rings is 1. The topological polar surface area (TPSA) is 48.3 Å². The predicted molar refractivity (Wildman–Crippen MR) is 84.6 cm³/mol. The van der Waals surface area contributed by atoms with Gasteiger partial charge in [0.15, 0.2) is 0 Å². The summed E-state index contributed by atoms with van der Waals surface area (Å²) in [5, 5.41) is 0.618. The summed E-state index contributed by atoms with van der Waals surface area (Å²) >= 11 is 6.17. The summed E-state index contributed by atoms with van der Waals surface area (Å²) in [5.41, 5.74) is 2.66. The molecule has 1 aromatic heterocycles. The van der Waals surface area contributed by atoms with Crippen molar-refractivity contribution in [1.29, 1.82) is 0 Å². The van der Waals surface area contributed by atoms with E-state index in [0.29, 0.717) is 29.1 Å². The van der Waals surface area contributed by atoms with Crippen molar-refractivity contribution >= 4 is 17.6 Å². The Morgan fingerprint density at radius 1 is 1.32 bits per heavy atom. The van der Waals surface area contributed by atoms with E-state index in [1.54, 1.807) is 16.7 Å². The number of rotatable bonds is 3. The smallest absolute Gasteiger partial charge is 0.339 e. The molecule has 0 unspecified atom stereocenters. The van der Waals surface area contributed by atoms with Crippen LogP contribution in [0.3, 0.4) is 0 Å². The number of ether oxygens (including phenoxy) is 1. The summed E-state index contributed by atoms with van der Waals surface area (Å²) in [6.07, 6.45) is 2.00. The summed E-state index contributed by atoms with van der Waals surface area (Å²) in [5.74, 6) is -0.397. The van der Waals surface area contributed by atoms with Gasteiger partial charge in [0, 0.05) is 29.2 Å². The van der Waals surface area contributed by atoms with Crippen LogP contribution in [0.15, 0.2) is 35.1 Å². The molecular weight excluding hydrogens is 302 g/mol. The Hall–Kier alpha value is -2.07. The summed E-state index contributed by atoms with van der Waals surface area (Å²) in [7, 11) is 1.35. The van der Waals surface area contributed by atoms with E-state index in [-0.39, 0.29) is 5.56 Å². The van der Waals surface area contributed by atoms with Gasteiger partial charge in [-0.05, 0) is 30.5 Å². The van der Waals surface area contributed by atoms with Gasteiger partial charge in [0.1, 0.15) is 0 Å². The first-order valence-electron chi connectivity index (χ1n) is 7.19. The zero-order valence-corrected chi connectivity index (χ0v) is 13.0. The van der Waals surface area contributed by atoms with Crippen LogP contribution in [0.5, 0.6) is 0 Å². The molecule has 5 heteroatoms. The van der Waals surface area contributed by atoms with Crippen molar-refractivity contribution in [3.63, 3.8) is 0 Å². The molecule has 3 rings (SSSR count). The highest BCUT2D eigenvalue weighted by molar-refractivity contribution is 6.31. The van der Waals surface area contributed by atoms with Crippen molar-refractivity contribution in [2.24, 2.45) is 0 Å². The maximum atomic E-state index is 12.6. The first-order valence-corrected chi connectivity index (χ1v) is 7.57. The van der Waals surface area contributed by atoms with E-state index in [1.165, 1.54) is 7.11 Å². The van der Waals surface area contributed by atoms with Crippen LogP contribution in [0.25, 0.3) is 0 Å². The van der Waals surface area contributed by atoms with E-state index < -0.39 is 5.97 Å². The number of benzene rings is 1. The molecule has 4 nitrogen and oxygen atoms in total. The van der Waals surface area contributed by atoms with Gasteiger partial charge in [0.05, 0.1) is 12.7 Å². The summed E-state index contributed by atoms with van der Waals surface area (Å²) in [4.78, 5) is 24.6. The molecule has 0 radical (unpaired) electrons. The average molecular weight is 318 g/mol. The maximum absolute atomic E-state index is 12.6. The fourth-order valence-corrected chi connectivity index (χ4v) is 3.13. The van der Waals surface area contributed by atoms with E-state index in [1.807, 2.05) is 18.2 Å². The molecule has 0 bridgehead atoms. The van der Waals surface area contributed by atoms with Crippen molar-refractivity contribution in [2.45, 2.75) is 25.8 Å². The van der Waals surface area contributed by atoms with Crippen LogP contribution in [0.1, 0.15) is 33.6 Å². The Morgan fingerprint density at radius 3 is 2.82 bits per heavy atom. The van der Waals surface area contributed by atoms with Crippen LogP contribution >= 0.6 is 11.6 Å². The Labute approximate surface area is 133 Å². The van der Waals surface area contributed by atoms with Crippen LogP contribution in [0.4, 0.5) is 0 Å². The number of nitrogens with zero attached hydrogens (tertiary/aromatic N) is 1. The molecule has 0 spiro atoms. The van der Waals surface area contributed by atoms with Crippen LogP contribution in [0.2, 0.25) is 5.02 Å². The molecule has 0 atom stereocenters. The van der Waals surface area contributed by atoms with E-state index in [2.05, 4.69) is 0 Å². The Kier molecular flexibility index (Phi) is 4.03. The minimum Gasteiger partial charge on any atom is -0.465 e. The van der Waals surface area contributed by atoms with Gasteiger partial charge < -0.3 is 9.30 Å². The molecule has 2 aromatic rings. The molecule has 0 saturated carbocycles. The van der Waals surface area contributed by atoms with E-state index in [4.69, 9.17) is 16.3 Å². The third kappa shape index (κ3) is 2.55. The highest BCUT2D eigenvalue weighted by Gasteiger charge is 2.23. The second kappa shape index (κ2) is 5.97. The zero-order valence-electron chi connectivity index (χ0n) is 12.3. The zero-order chi connectivity index (χ0) is 15.7. The summed E-state index contributed by atoms with van der Waals surface area (Å²) < 4.78 is 6.54. The van der Waals surface area contributed by atoms with Crippen molar-refractivity contribution in [3.05, 3.63) is 68.1 Å². The Bertz CT molecular complexity index is 795. The third-order valence-corrected chi connectivity index (χ3v) is 4.38. The number of carbonyl (C=O) groups excluding carboxylic acids is 1. The second-order valence-electron chi connectivity index (χ2n) is 5.35. The van der Waals surface area contributed by atoms with Crippen LogP contribution in [0, 0.1) is 0 Å². The molecule has 0 aliphatic carbocycles. The fraction of sp³-hybridized carbons (Fsp3) is 0.294. The number of halogens is 1. The van der Waals surface area contributed by atoms with Crippen LogP contribution in [-0.2, 0) is 24.1 Å². The second-order valence-corrected chi connectivity index (χ2v) is 5.76. The minimum absolute atomic E-state index is 0.0416. The normalized spacial score (nSPS) is 13.0. The first kappa shape index (κ1) is 14.9. The van der Waals surface area contributed by atoms with E-state index in [9.17, 15) is 9.59 Å². The number of fused-ring (bicyclic) bond motifs is 1. The van der Waals surface area contributed by atoms with Crippen LogP contribution < -0.4 is 5.56 Å². The largest absolute Gasteiger partial charge is 0.465 e. The van der Waals surface area contributed by atoms with Crippen molar-refractivity contribution < 1.29 is 9.53 Å². The van der Waals surface area contributed by atoms with Gasteiger partial charge in [0.25, 0.3) is 5.56 Å². The molecule has 2 heterocycles. The molecule has 0 fully saturated rings. The summed E-state index contributed by atoms with van der Waals surface area (Å²) in [6, 6.07) is 9.07. The van der Waals surface area contributed by atoms with Crippen molar-refractivity contribution in [1.82, 2.24) is 4.57 Å². The fourth-order valence-electron chi connectivity index (χ4n) is 2.93. The van der Waals surface area contributed by atoms with E-state index in [0.717, 1.165) is 24.1 Å². The number of carbonyl (C=O) groups is 1. The van der Waals surface area contributed by atoms with Crippen molar-refractivity contribution in [2.75, 3.05) is 7.11 Å². The van der Waals surface area contributed by atoms with Gasteiger partial charge in [-0.2, -0.15) is 0 Å². The highest BCUT2D eigenvalue weighted by atomic mass is 35.5. The van der Waals surface area contributed by atoms with Gasteiger partial charge in [-0.15, -0.1) is 0 Å². The average Bonchev–Trinajstić information content (AvgIpc) is 3.01. The molecule has 1 aromatic carbocycles. The standard InChI is InChI=1S/C17H16ClNO3/c1-22-17(21)13-10-12(9-11-5-2-3-6-14(11)18)16(20)19-8-4-7-15(13)19/h2-3,5-6,10H,4,7-9H2,1H3. The van der Waals surface area contributed by atoms with Gasteiger partial charge in [-0.25, -0.2) is 4.79 Å². The Balaban J connectivity index is 2.11. The minimum atomic E-state index is -0.397. The van der Waals surface area contributed by atoms with Gasteiger partial charge in [0.2, 0.25) is 0 Å². The number of esters is 1. The lowest BCUT2D eigenvalue weighted by atomic mass is 10.0. The number of aromatic nitrogens is 1. The van der Waals surface area contributed by atoms with E-state index >= 15 is 0 Å². The molecular formula is C17H16ClNO3. The lowest BCUT2D eigenvalue weighted by Crippen LogP contribution is -2.26. The Morgan fingerprint density at radius 2 is 2.09 bits per heavy atom. The monoisotopic (exact) mass is 317 g/mol.